The number of ether oxygens (including phenoxy) is 1. The van der Waals surface area contributed by atoms with Crippen molar-refractivity contribution < 1.29 is 17.9 Å². The highest BCUT2D eigenvalue weighted by atomic mass is 32.2. The molecule has 1 atom stereocenters. The van der Waals surface area contributed by atoms with E-state index in [1.807, 2.05) is 60.5 Å². The summed E-state index contributed by atoms with van der Waals surface area (Å²) in [6, 6.07) is 24.5. The van der Waals surface area contributed by atoms with Gasteiger partial charge in [-0.3, -0.25) is 4.79 Å². The lowest BCUT2D eigenvalue weighted by molar-refractivity contribution is -0.131. The third-order valence-electron chi connectivity index (χ3n) is 6.69. The van der Waals surface area contributed by atoms with Gasteiger partial charge in [0.1, 0.15) is 12.4 Å². The first-order valence-electron chi connectivity index (χ1n) is 12.3. The molecule has 6 nitrogen and oxygen atoms in total. The highest BCUT2D eigenvalue weighted by Gasteiger charge is 2.26. The number of likely N-dealkylation sites (N-methyl/N-ethyl adjacent to an activating group) is 1. The van der Waals surface area contributed by atoms with Crippen molar-refractivity contribution in [2.24, 2.45) is 0 Å². The van der Waals surface area contributed by atoms with Crippen LogP contribution in [0.5, 0.6) is 5.75 Å². The smallest absolute Gasteiger partial charge is 0.227 e. The molecule has 0 saturated carbocycles. The molecule has 3 aromatic carbocycles. The Morgan fingerprint density at radius 3 is 2.31 bits per heavy atom. The molecule has 1 saturated heterocycles. The van der Waals surface area contributed by atoms with Crippen LogP contribution in [-0.4, -0.2) is 57.1 Å². The minimum atomic E-state index is -3.27. The number of benzene rings is 3. The minimum absolute atomic E-state index is 0.0121. The molecule has 0 spiro atoms. The topological polar surface area (TPSA) is 66.9 Å². The molecule has 1 fully saturated rings. The van der Waals surface area contributed by atoms with Crippen LogP contribution in [0.25, 0.3) is 0 Å². The highest BCUT2D eigenvalue weighted by Crippen LogP contribution is 2.27. The van der Waals surface area contributed by atoms with Gasteiger partial charge in [0, 0.05) is 19.8 Å². The number of carbonyl (C=O) groups excluding carboxylic acids is 1. The molecule has 36 heavy (non-hydrogen) atoms. The lowest BCUT2D eigenvalue weighted by atomic mass is 10.0. The quantitative estimate of drug-likeness (QED) is 0.405. The summed E-state index contributed by atoms with van der Waals surface area (Å²) in [4.78, 5) is 17.8. The summed E-state index contributed by atoms with van der Waals surface area (Å²) < 4.78 is 29.6. The summed E-state index contributed by atoms with van der Waals surface area (Å²) in [6.45, 7) is 3.32. The molecule has 1 amide bonds. The van der Waals surface area contributed by atoms with E-state index >= 15 is 0 Å². The predicted octanol–water partition coefficient (Wildman–Crippen LogP) is 4.51. The Kier molecular flexibility index (Phi) is 8.44. The normalized spacial score (nSPS) is 14.9. The second-order valence-electron chi connectivity index (χ2n) is 9.47. The number of nitrogens with zero attached hydrogens (tertiary/aromatic N) is 2. The van der Waals surface area contributed by atoms with E-state index in [1.54, 1.807) is 24.3 Å². The minimum Gasteiger partial charge on any atom is -0.489 e. The van der Waals surface area contributed by atoms with Gasteiger partial charge in [-0.05, 0) is 66.9 Å². The second kappa shape index (κ2) is 11.7. The number of carbonyl (C=O) groups is 1. The molecule has 0 N–H and O–H groups in total. The summed E-state index contributed by atoms with van der Waals surface area (Å²) in [5, 5.41) is 0. The van der Waals surface area contributed by atoms with Gasteiger partial charge in [-0.25, -0.2) is 8.42 Å². The summed E-state index contributed by atoms with van der Waals surface area (Å²) in [5.41, 5.74) is 2.93. The van der Waals surface area contributed by atoms with Crippen molar-refractivity contribution in [2.45, 2.75) is 36.8 Å². The van der Waals surface area contributed by atoms with E-state index in [2.05, 4.69) is 11.0 Å². The van der Waals surface area contributed by atoms with Crippen LogP contribution < -0.4 is 4.74 Å². The van der Waals surface area contributed by atoms with Crippen LogP contribution >= 0.6 is 0 Å². The van der Waals surface area contributed by atoms with Crippen molar-refractivity contribution in [3.05, 3.63) is 95.6 Å². The number of rotatable bonds is 10. The molecule has 0 bridgehead atoms. The fourth-order valence-corrected chi connectivity index (χ4v) is 5.17. The van der Waals surface area contributed by atoms with Gasteiger partial charge >= 0.3 is 0 Å². The third kappa shape index (κ3) is 6.95. The molecule has 1 heterocycles. The van der Waals surface area contributed by atoms with Crippen molar-refractivity contribution >= 4 is 15.7 Å². The van der Waals surface area contributed by atoms with Crippen LogP contribution in [0.15, 0.2) is 83.8 Å². The first-order valence-corrected chi connectivity index (χ1v) is 14.2. The van der Waals surface area contributed by atoms with Crippen LogP contribution in [0.2, 0.25) is 0 Å². The Morgan fingerprint density at radius 2 is 1.64 bits per heavy atom. The number of hydrogen-bond acceptors (Lipinski definition) is 5. The molecule has 0 aromatic heterocycles. The Bertz CT molecular complexity index is 1250. The molecule has 4 rings (SSSR count). The van der Waals surface area contributed by atoms with Gasteiger partial charge in [-0.2, -0.15) is 0 Å². The predicted molar refractivity (Wildman–Crippen MR) is 142 cm³/mol. The van der Waals surface area contributed by atoms with Crippen LogP contribution in [0.3, 0.4) is 0 Å². The first kappa shape index (κ1) is 25.9. The van der Waals surface area contributed by atoms with Crippen LogP contribution in [0.1, 0.15) is 35.6 Å². The lowest BCUT2D eigenvalue weighted by Crippen LogP contribution is -2.39. The van der Waals surface area contributed by atoms with E-state index in [1.165, 1.54) is 19.1 Å². The fourth-order valence-electron chi connectivity index (χ4n) is 4.54. The van der Waals surface area contributed by atoms with Crippen LogP contribution in [0.4, 0.5) is 0 Å². The standard InChI is InChI=1S/C29H34N2O4S/c1-30(29(32)19-23-13-15-27(16-14-23)36(2,33)34)28(21-31-17-6-7-18-31)25-11-8-12-26(20-25)35-22-24-9-4-3-5-10-24/h3-5,8-16,20,28H,6-7,17-19,21-22H2,1-2H3/t28-/m1/s1. The van der Waals surface area contributed by atoms with Crippen LogP contribution in [-0.2, 0) is 27.7 Å². The van der Waals surface area contributed by atoms with Gasteiger partial charge in [0.2, 0.25) is 5.91 Å². The summed E-state index contributed by atoms with van der Waals surface area (Å²) >= 11 is 0. The molecule has 1 aliphatic heterocycles. The average Bonchev–Trinajstić information content (AvgIpc) is 3.40. The number of sulfone groups is 1. The number of hydrogen-bond donors (Lipinski definition) is 0. The van der Waals surface area contributed by atoms with E-state index in [0.29, 0.717) is 6.61 Å². The Labute approximate surface area is 214 Å². The maximum absolute atomic E-state index is 13.3. The van der Waals surface area contributed by atoms with Gasteiger partial charge in [-0.1, -0.05) is 54.6 Å². The molecule has 0 unspecified atom stereocenters. The monoisotopic (exact) mass is 506 g/mol. The van der Waals surface area contributed by atoms with Crippen molar-refractivity contribution in [1.82, 2.24) is 9.80 Å². The van der Waals surface area contributed by atoms with Crippen LogP contribution in [0, 0.1) is 0 Å². The molecule has 3 aromatic rings. The fraction of sp³-hybridized carbons (Fsp3) is 0.345. The number of likely N-dealkylation sites (tertiary alicyclic amines) is 1. The maximum Gasteiger partial charge on any atom is 0.227 e. The van der Waals surface area contributed by atoms with E-state index in [0.717, 1.165) is 42.1 Å². The van der Waals surface area contributed by atoms with E-state index < -0.39 is 9.84 Å². The largest absolute Gasteiger partial charge is 0.489 e. The van der Waals surface area contributed by atoms with Gasteiger partial charge in [0.25, 0.3) is 0 Å². The van der Waals surface area contributed by atoms with Gasteiger partial charge in [-0.15, -0.1) is 0 Å². The zero-order valence-electron chi connectivity index (χ0n) is 21.0. The van der Waals surface area contributed by atoms with Crippen molar-refractivity contribution in [3.8, 4) is 5.75 Å². The number of amides is 1. The zero-order chi connectivity index (χ0) is 25.5. The van der Waals surface area contributed by atoms with Gasteiger partial charge in [0.15, 0.2) is 9.84 Å². The highest BCUT2D eigenvalue weighted by molar-refractivity contribution is 7.90. The molecule has 7 heteroatoms. The van der Waals surface area contributed by atoms with E-state index in [4.69, 9.17) is 4.74 Å². The lowest BCUT2D eigenvalue weighted by Gasteiger charge is -2.32. The zero-order valence-corrected chi connectivity index (χ0v) is 21.8. The summed E-state index contributed by atoms with van der Waals surface area (Å²) in [7, 11) is -1.41. The van der Waals surface area contributed by atoms with Crippen molar-refractivity contribution in [1.29, 1.82) is 0 Å². The average molecular weight is 507 g/mol. The third-order valence-corrected chi connectivity index (χ3v) is 7.82. The molecule has 0 aliphatic carbocycles. The summed E-state index contributed by atoms with van der Waals surface area (Å²) in [6.07, 6.45) is 3.75. The van der Waals surface area contributed by atoms with Crippen molar-refractivity contribution in [3.63, 3.8) is 0 Å². The first-order chi connectivity index (χ1) is 17.3. The molecular weight excluding hydrogens is 472 g/mol. The molecule has 1 aliphatic rings. The van der Waals surface area contributed by atoms with Gasteiger partial charge in [0.05, 0.1) is 17.4 Å². The Balaban J connectivity index is 1.50. The molecule has 190 valence electrons. The molecular formula is C29H34N2O4S. The Morgan fingerprint density at radius 1 is 0.944 bits per heavy atom. The van der Waals surface area contributed by atoms with Crippen molar-refractivity contribution in [2.75, 3.05) is 32.9 Å². The molecule has 0 radical (unpaired) electrons. The summed E-state index contributed by atoms with van der Waals surface area (Å²) in [5.74, 6) is 0.766. The Hall–Kier alpha value is -3.16. The SMILES string of the molecule is CN(C(=O)Cc1ccc(S(C)(=O)=O)cc1)[C@H](CN1CCCC1)c1cccc(OCc2ccccc2)c1. The van der Waals surface area contributed by atoms with Gasteiger partial charge < -0.3 is 14.5 Å². The second-order valence-corrected chi connectivity index (χ2v) is 11.5. The van der Waals surface area contributed by atoms with E-state index in [-0.39, 0.29) is 23.3 Å². The maximum atomic E-state index is 13.3. The van der Waals surface area contributed by atoms with E-state index in [9.17, 15) is 13.2 Å².